The fourth-order valence-corrected chi connectivity index (χ4v) is 5.79. The van der Waals surface area contributed by atoms with Crippen LogP contribution in [0.2, 0.25) is 5.02 Å². The molecule has 40 heavy (non-hydrogen) atoms. The number of nitrogens with zero attached hydrogens (tertiary/aromatic N) is 2. The van der Waals surface area contributed by atoms with Gasteiger partial charge in [-0.2, -0.15) is 0 Å². The van der Waals surface area contributed by atoms with Crippen molar-refractivity contribution < 1.29 is 9.66 Å². The Hall–Kier alpha value is -4.42. The minimum Gasteiger partial charge on any atom is -0.487 e. The number of allylic oxidation sites excluding steroid dienone is 2. The zero-order valence-corrected chi connectivity index (χ0v) is 22.7. The van der Waals surface area contributed by atoms with Crippen molar-refractivity contribution in [3.05, 3.63) is 140 Å². The number of ether oxygens (including phenoxy) is 1. The summed E-state index contributed by atoms with van der Waals surface area (Å²) in [6.45, 7) is 2.41. The van der Waals surface area contributed by atoms with Crippen LogP contribution in [0.15, 0.2) is 102 Å². The van der Waals surface area contributed by atoms with Gasteiger partial charge in [0.25, 0.3) is 5.69 Å². The Bertz CT molecular complexity index is 1610. The fraction of sp³-hybridized carbons (Fsp3) is 0.182. The summed E-state index contributed by atoms with van der Waals surface area (Å²) < 4.78 is 5.81. The molecule has 6 nitrogen and oxygen atoms in total. The summed E-state index contributed by atoms with van der Waals surface area (Å²) in [6.07, 6.45) is 7.54. The molecule has 1 aliphatic carbocycles. The van der Waals surface area contributed by atoms with Gasteiger partial charge in [-0.15, -0.1) is 0 Å². The molecule has 0 aromatic heterocycles. The highest BCUT2D eigenvalue weighted by Crippen LogP contribution is 2.50. The lowest BCUT2D eigenvalue weighted by Crippen LogP contribution is -2.29. The summed E-state index contributed by atoms with van der Waals surface area (Å²) in [4.78, 5) is 15.0. The van der Waals surface area contributed by atoms with E-state index in [9.17, 15) is 10.1 Å². The van der Waals surface area contributed by atoms with Crippen molar-refractivity contribution in [1.82, 2.24) is 0 Å². The van der Waals surface area contributed by atoms with E-state index in [4.69, 9.17) is 16.3 Å². The molecule has 2 aliphatic rings. The molecule has 6 rings (SSSR count). The van der Waals surface area contributed by atoms with Gasteiger partial charge in [-0.05, 0) is 90.0 Å². The number of hydrogen-bond acceptors (Lipinski definition) is 5. The summed E-state index contributed by atoms with van der Waals surface area (Å²) in [6, 6.07) is 27.2. The number of aryl methyl sites for hydroxylation is 1. The van der Waals surface area contributed by atoms with Gasteiger partial charge in [-0.25, -0.2) is 0 Å². The van der Waals surface area contributed by atoms with Crippen LogP contribution in [0.4, 0.5) is 17.1 Å². The highest BCUT2D eigenvalue weighted by atomic mass is 35.5. The zero-order valence-electron chi connectivity index (χ0n) is 22.0. The SMILES string of the molecule is Cc1ccc2c(c1)[C@@H]1C=CC[C@@H]1[C@@H](c1ccc(N=Cc3ccc(OCc4ccc([N+](=O)[O-])cc4)c(Cl)c3)cc1)N2. The number of nitro benzene ring substituents is 1. The molecule has 0 bridgehead atoms. The standard InChI is InChI=1S/C33H28ClN3O3/c1-21-5-15-31-29(17-21)27-3-2-4-28(27)33(36-31)24-9-11-25(12-10-24)35-19-23-8-16-32(30(34)18-23)40-20-22-6-13-26(14-7-22)37(38)39/h2-3,5-19,27-28,33,36H,4,20H2,1H3/t27-,28+,33-/m1/s1. The second kappa shape index (κ2) is 11.0. The van der Waals surface area contributed by atoms with Crippen LogP contribution in [0.5, 0.6) is 5.75 Å². The van der Waals surface area contributed by atoms with Crippen molar-refractivity contribution in [3.8, 4) is 5.75 Å². The average Bonchev–Trinajstić information content (AvgIpc) is 3.46. The molecule has 0 radical (unpaired) electrons. The molecule has 0 saturated carbocycles. The van der Waals surface area contributed by atoms with E-state index in [2.05, 4.69) is 71.8 Å². The van der Waals surface area contributed by atoms with Crippen molar-refractivity contribution in [1.29, 1.82) is 0 Å². The molecule has 7 heteroatoms. The summed E-state index contributed by atoms with van der Waals surface area (Å²) >= 11 is 6.45. The van der Waals surface area contributed by atoms with E-state index in [1.54, 1.807) is 24.4 Å². The molecule has 0 saturated heterocycles. The maximum absolute atomic E-state index is 10.8. The molecule has 3 atom stereocenters. The first-order chi connectivity index (χ1) is 19.4. The molecular formula is C33H28ClN3O3. The molecule has 0 unspecified atom stereocenters. The Kier molecular flexibility index (Phi) is 7.10. The number of nitrogens with one attached hydrogen (secondary N) is 1. The lowest BCUT2D eigenvalue weighted by molar-refractivity contribution is -0.384. The Labute approximate surface area is 238 Å². The van der Waals surface area contributed by atoms with Gasteiger partial charge in [-0.3, -0.25) is 15.1 Å². The molecule has 4 aromatic carbocycles. The van der Waals surface area contributed by atoms with Crippen LogP contribution in [0, 0.1) is 23.0 Å². The second-order valence-corrected chi connectivity index (χ2v) is 10.7. The Morgan fingerprint density at radius 2 is 1.85 bits per heavy atom. The molecule has 0 spiro atoms. The highest BCUT2D eigenvalue weighted by molar-refractivity contribution is 6.32. The number of halogens is 1. The first-order valence-corrected chi connectivity index (χ1v) is 13.7. The molecule has 4 aromatic rings. The molecule has 0 amide bonds. The van der Waals surface area contributed by atoms with E-state index in [1.165, 1.54) is 34.5 Å². The third-order valence-electron chi connectivity index (χ3n) is 7.63. The summed E-state index contributed by atoms with van der Waals surface area (Å²) in [7, 11) is 0. The fourth-order valence-electron chi connectivity index (χ4n) is 5.55. The van der Waals surface area contributed by atoms with Crippen molar-refractivity contribution in [2.75, 3.05) is 5.32 Å². The van der Waals surface area contributed by atoms with Gasteiger partial charge < -0.3 is 10.1 Å². The lowest BCUT2D eigenvalue weighted by atomic mass is 9.76. The predicted octanol–water partition coefficient (Wildman–Crippen LogP) is 8.71. The van der Waals surface area contributed by atoms with Crippen LogP contribution in [-0.2, 0) is 6.61 Å². The Balaban J connectivity index is 1.10. The molecule has 1 heterocycles. The quantitative estimate of drug-likeness (QED) is 0.108. The van der Waals surface area contributed by atoms with Gasteiger partial charge in [0.15, 0.2) is 0 Å². The number of rotatable bonds is 7. The van der Waals surface area contributed by atoms with Gasteiger partial charge in [0.2, 0.25) is 0 Å². The Morgan fingerprint density at radius 3 is 2.60 bits per heavy atom. The number of non-ortho nitro benzene ring substituents is 1. The number of nitro groups is 1. The number of fused-ring (bicyclic) bond motifs is 3. The van der Waals surface area contributed by atoms with Gasteiger partial charge >= 0.3 is 0 Å². The van der Waals surface area contributed by atoms with Gasteiger partial charge in [0.05, 0.1) is 21.7 Å². The third-order valence-corrected chi connectivity index (χ3v) is 7.93. The highest BCUT2D eigenvalue weighted by Gasteiger charge is 2.37. The zero-order chi connectivity index (χ0) is 27.6. The maximum atomic E-state index is 10.8. The van der Waals surface area contributed by atoms with E-state index in [0.717, 1.165) is 23.2 Å². The lowest BCUT2D eigenvalue weighted by Gasteiger charge is -2.37. The molecular weight excluding hydrogens is 522 g/mol. The van der Waals surface area contributed by atoms with Crippen LogP contribution >= 0.6 is 11.6 Å². The van der Waals surface area contributed by atoms with Gasteiger partial charge in [-0.1, -0.05) is 53.6 Å². The largest absolute Gasteiger partial charge is 0.487 e. The van der Waals surface area contributed by atoms with Crippen molar-refractivity contribution in [2.24, 2.45) is 10.9 Å². The maximum Gasteiger partial charge on any atom is 0.269 e. The molecule has 200 valence electrons. The second-order valence-electron chi connectivity index (χ2n) is 10.3. The van der Waals surface area contributed by atoms with Gasteiger partial charge in [0.1, 0.15) is 12.4 Å². The average molecular weight is 550 g/mol. The summed E-state index contributed by atoms with van der Waals surface area (Å²) in [5, 5.41) is 15.1. The van der Waals surface area contributed by atoms with E-state index in [0.29, 0.717) is 22.6 Å². The number of hydrogen-bond donors (Lipinski definition) is 1. The van der Waals surface area contributed by atoms with Gasteiger partial charge in [0, 0.05) is 30.0 Å². The number of benzene rings is 4. The van der Waals surface area contributed by atoms with Crippen LogP contribution in [-0.4, -0.2) is 11.1 Å². The van der Waals surface area contributed by atoms with Crippen LogP contribution in [0.25, 0.3) is 0 Å². The minimum atomic E-state index is -0.424. The van der Waals surface area contributed by atoms with E-state index < -0.39 is 4.92 Å². The van der Waals surface area contributed by atoms with E-state index in [-0.39, 0.29) is 18.3 Å². The predicted molar refractivity (Wildman–Crippen MR) is 160 cm³/mol. The molecule has 1 aliphatic heterocycles. The molecule has 1 N–H and O–H groups in total. The third kappa shape index (κ3) is 5.36. The number of aliphatic imine (C=N–C) groups is 1. The topological polar surface area (TPSA) is 76.8 Å². The van der Waals surface area contributed by atoms with Crippen molar-refractivity contribution >= 4 is 34.9 Å². The monoisotopic (exact) mass is 549 g/mol. The van der Waals surface area contributed by atoms with E-state index in [1.807, 2.05) is 12.1 Å². The van der Waals surface area contributed by atoms with Crippen molar-refractivity contribution in [2.45, 2.75) is 31.9 Å². The molecule has 0 fully saturated rings. The first-order valence-electron chi connectivity index (χ1n) is 13.3. The minimum absolute atomic E-state index is 0.0475. The van der Waals surface area contributed by atoms with Crippen LogP contribution in [0.1, 0.15) is 46.2 Å². The summed E-state index contributed by atoms with van der Waals surface area (Å²) in [5.41, 5.74) is 7.78. The normalized spacial score (nSPS) is 19.2. The van der Waals surface area contributed by atoms with Crippen LogP contribution in [0.3, 0.4) is 0 Å². The van der Waals surface area contributed by atoms with Crippen LogP contribution < -0.4 is 10.1 Å². The van der Waals surface area contributed by atoms with Crippen molar-refractivity contribution in [3.63, 3.8) is 0 Å². The first kappa shape index (κ1) is 25.8. The smallest absolute Gasteiger partial charge is 0.269 e. The number of anilines is 1. The van der Waals surface area contributed by atoms with E-state index >= 15 is 0 Å². The Morgan fingerprint density at radius 1 is 1.05 bits per heavy atom. The summed E-state index contributed by atoms with van der Waals surface area (Å²) in [5.74, 6) is 1.49.